The molecule has 9 heteroatoms. The lowest BCUT2D eigenvalue weighted by Gasteiger charge is -2.28. The second-order valence-corrected chi connectivity index (χ2v) is 8.98. The number of rotatable bonds is 4. The summed E-state index contributed by atoms with van der Waals surface area (Å²) in [6.45, 7) is 6.56. The Morgan fingerprint density at radius 2 is 1.94 bits per heavy atom. The van der Waals surface area contributed by atoms with Crippen LogP contribution < -0.4 is 15.5 Å². The second kappa shape index (κ2) is 10.6. The highest BCUT2D eigenvalue weighted by Crippen LogP contribution is 2.32. The first-order valence-electron chi connectivity index (χ1n) is 11.8. The highest BCUT2D eigenvalue weighted by Gasteiger charge is 2.24. The molecule has 0 aliphatic carbocycles. The number of nitrogens with zero attached hydrogens (tertiary/aromatic N) is 7. The van der Waals surface area contributed by atoms with Gasteiger partial charge in [0.25, 0.3) is 0 Å². The van der Waals surface area contributed by atoms with Gasteiger partial charge in [-0.25, -0.2) is 9.97 Å². The zero-order chi connectivity index (χ0) is 24.9. The van der Waals surface area contributed by atoms with E-state index in [4.69, 9.17) is 10.7 Å². The van der Waals surface area contributed by atoms with Crippen LogP contribution in [0.25, 0.3) is 11.3 Å². The summed E-state index contributed by atoms with van der Waals surface area (Å²) < 4.78 is 0. The summed E-state index contributed by atoms with van der Waals surface area (Å²) in [5.74, 6) is 8.22. The van der Waals surface area contributed by atoms with Crippen LogP contribution in [0.4, 0.5) is 17.3 Å². The third-order valence-corrected chi connectivity index (χ3v) is 6.38. The third kappa shape index (κ3) is 5.61. The summed E-state index contributed by atoms with van der Waals surface area (Å²) in [6, 6.07) is 11.3. The Kier molecular flexibility index (Phi) is 7.32. The van der Waals surface area contributed by atoms with E-state index >= 15 is 0 Å². The second-order valence-electron chi connectivity index (χ2n) is 8.98. The summed E-state index contributed by atoms with van der Waals surface area (Å²) in [5, 5.41) is 18.6. The molecule has 3 heterocycles. The molecule has 0 spiro atoms. The van der Waals surface area contributed by atoms with Crippen molar-refractivity contribution < 1.29 is 5.11 Å². The molecule has 35 heavy (non-hydrogen) atoms. The molecule has 0 unspecified atom stereocenters. The Labute approximate surface area is 206 Å². The van der Waals surface area contributed by atoms with Gasteiger partial charge in [0.05, 0.1) is 17.4 Å². The van der Waals surface area contributed by atoms with E-state index in [1.165, 1.54) is 0 Å². The van der Waals surface area contributed by atoms with E-state index in [9.17, 15) is 5.11 Å². The average Bonchev–Trinajstić information content (AvgIpc) is 3.05. The number of aromatic nitrogens is 4. The van der Waals surface area contributed by atoms with Crippen molar-refractivity contribution in [2.75, 3.05) is 49.3 Å². The number of phenols is 1. The number of phenolic OH excluding ortho intramolecular Hbond substituents is 1. The maximum atomic E-state index is 10.2. The van der Waals surface area contributed by atoms with E-state index in [0.29, 0.717) is 22.9 Å². The van der Waals surface area contributed by atoms with Crippen LogP contribution in [0.2, 0.25) is 0 Å². The fraction of sp³-hybridized carbons (Fsp3) is 0.385. The molecule has 182 valence electrons. The number of hydrogen-bond acceptors (Lipinski definition) is 9. The standard InChI is InChI=1S/C26H32N8O/c1-18(32(3)4)9-10-24-28-13-11-25(29-24)34-16-15-33(14-12-19(34)2)22-17-21(30-31-26(22)27)20-7-5-6-8-23(20)35/h5-8,11,13,17-19,35H,12,14-16H2,1-4H3,(H2,27,31)/t18-,19+/m1/s1. The summed E-state index contributed by atoms with van der Waals surface area (Å²) in [7, 11) is 4.00. The zero-order valence-electron chi connectivity index (χ0n) is 20.7. The molecule has 2 aromatic heterocycles. The van der Waals surface area contributed by atoms with E-state index in [1.54, 1.807) is 18.3 Å². The maximum absolute atomic E-state index is 10.2. The van der Waals surface area contributed by atoms with Gasteiger partial charge in [0, 0.05) is 37.4 Å². The molecule has 1 saturated heterocycles. The molecule has 1 fully saturated rings. The minimum Gasteiger partial charge on any atom is -0.507 e. The number of aromatic hydroxyl groups is 1. The number of benzene rings is 1. The summed E-state index contributed by atoms with van der Waals surface area (Å²) >= 11 is 0. The molecular weight excluding hydrogens is 440 g/mol. The van der Waals surface area contributed by atoms with E-state index in [-0.39, 0.29) is 17.8 Å². The summed E-state index contributed by atoms with van der Waals surface area (Å²) in [4.78, 5) is 15.6. The largest absolute Gasteiger partial charge is 0.507 e. The van der Waals surface area contributed by atoms with Crippen LogP contribution in [0.3, 0.4) is 0 Å². The molecule has 1 aliphatic rings. The molecule has 3 aromatic rings. The molecule has 1 aromatic carbocycles. The molecule has 1 aliphatic heterocycles. The number of para-hydroxylation sites is 1. The van der Waals surface area contributed by atoms with Gasteiger partial charge >= 0.3 is 0 Å². The predicted octanol–water partition coefficient (Wildman–Crippen LogP) is 2.63. The van der Waals surface area contributed by atoms with E-state index in [2.05, 4.69) is 43.7 Å². The predicted molar refractivity (Wildman–Crippen MR) is 139 cm³/mol. The van der Waals surface area contributed by atoms with Crippen molar-refractivity contribution in [2.45, 2.75) is 32.4 Å². The number of anilines is 3. The van der Waals surface area contributed by atoms with Gasteiger partial charge in [0.15, 0.2) is 5.82 Å². The molecule has 2 atom stereocenters. The van der Waals surface area contributed by atoms with Gasteiger partial charge in [-0.05, 0) is 64.5 Å². The van der Waals surface area contributed by atoms with Gasteiger partial charge < -0.3 is 20.6 Å². The highest BCUT2D eigenvalue weighted by atomic mass is 16.3. The Bertz CT molecular complexity index is 1240. The molecule has 0 radical (unpaired) electrons. The minimum atomic E-state index is 0.120. The first-order chi connectivity index (χ1) is 16.8. The first kappa shape index (κ1) is 24.2. The van der Waals surface area contributed by atoms with Gasteiger partial charge in [-0.15, -0.1) is 10.2 Å². The Balaban J connectivity index is 1.55. The lowest BCUT2D eigenvalue weighted by molar-refractivity contribution is 0.373. The lowest BCUT2D eigenvalue weighted by Crippen LogP contribution is -2.35. The zero-order valence-corrected chi connectivity index (χ0v) is 20.7. The van der Waals surface area contributed by atoms with Crippen molar-refractivity contribution in [1.29, 1.82) is 0 Å². The van der Waals surface area contributed by atoms with Crippen LogP contribution in [-0.2, 0) is 0 Å². The monoisotopic (exact) mass is 472 g/mol. The molecule has 9 nitrogen and oxygen atoms in total. The average molecular weight is 473 g/mol. The van der Waals surface area contributed by atoms with Crippen molar-refractivity contribution in [2.24, 2.45) is 0 Å². The Morgan fingerprint density at radius 1 is 1.14 bits per heavy atom. The Morgan fingerprint density at radius 3 is 2.71 bits per heavy atom. The van der Waals surface area contributed by atoms with Crippen LogP contribution in [0.15, 0.2) is 42.6 Å². The fourth-order valence-electron chi connectivity index (χ4n) is 3.97. The molecular formula is C26H32N8O. The Hall–Kier alpha value is -3.90. The number of nitrogen functional groups attached to an aromatic ring is 1. The van der Waals surface area contributed by atoms with Gasteiger partial charge in [0.1, 0.15) is 11.6 Å². The van der Waals surface area contributed by atoms with Crippen LogP contribution in [0, 0.1) is 11.8 Å². The van der Waals surface area contributed by atoms with Crippen molar-refractivity contribution in [3.63, 3.8) is 0 Å². The quantitative estimate of drug-likeness (QED) is 0.554. The summed E-state index contributed by atoms with van der Waals surface area (Å²) in [6.07, 6.45) is 2.68. The molecule has 0 saturated carbocycles. The topological polar surface area (TPSA) is 108 Å². The number of nitrogens with two attached hydrogens (primary N) is 1. The summed E-state index contributed by atoms with van der Waals surface area (Å²) in [5.41, 5.74) is 8.27. The lowest BCUT2D eigenvalue weighted by atomic mass is 10.1. The minimum absolute atomic E-state index is 0.120. The molecule has 0 bridgehead atoms. The van der Waals surface area contributed by atoms with Gasteiger partial charge in [0.2, 0.25) is 5.82 Å². The van der Waals surface area contributed by atoms with Gasteiger partial charge in [-0.3, -0.25) is 4.90 Å². The third-order valence-electron chi connectivity index (χ3n) is 6.38. The van der Waals surface area contributed by atoms with Crippen molar-refractivity contribution in [3.8, 4) is 28.8 Å². The van der Waals surface area contributed by atoms with Crippen molar-refractivity contribution in [1.82, 2.24) is 25.1 Å². The van der Waals surface area contributed by atoms with E-state index in [0.717, 1.165) is 37.6 Å². The first-order valence-corrected chi connectivity index (χ1v) is 11.8. The molecule has 3 N–H and O–H groups in total. The maximum Gasteiger partial charge on any atom is 0.206 e. The van der Waals surface area contributed by atoms with Gasteiger partial charge in [-0.2, -0.15) is 0 Å². The van der Waals surface area contributed by atoms with Gasteiger partial charge in [-0.1, -0.05) is 18.1 Å². The van der Waals surface area contributed by atoms with Crippen LogP contribution in [0.1, 0.15) is 26.1 Å². The molecule has 4 rings (SSSR count). The van der Waals surface area contributed by atoms with Crippen LogP contribution in [-0.4, -0.2) is 76.0 Å². The fourth-order valence-corrected chi connectivity index (χ4v) is 3.97. The highest BCUT2D eigenvalue weighted by molar-refractivity contribution is 5.74. The molecule has 0 amide bonds. The van der Waals surface area contributed by atoms with Crippen LogP contribution >= 0.6 is 0 Å². The van der Waals surface area contributed by atoms with Crippen LogP contribution in [0.5, 0.6) is 5.75 Å². The number of hydrogen-bond donors (Lipinski definition) is 2. The van der Waals surface area contributed by atoms with Crippen molar-refractivity contribution in [3.05, 3.63) is 48.4 Å². The van der Waals surface area contributed by atoms with E-state index in [1.807, 2.05) is 50.2 Å². The smallest absolute Gasteiger partial charge is 0.206 e. The van der Waals surface area contributed by atoms with Crippen molar-refractivity contribution >= 4 is 17.3 Å². The SMILES string of the molecule is C[C@H](C#Cc1nccc(N2CCN(c3cc(-c4ccccc4O)nnc3N)CC[C@@H]2C)n1)N(C)C. The normalized spacial score (nSPS) is 17.0. The van der Waals surface area contributed by atoms with E-state index < -0.39 is 0 Å².